The molecule has 0 amide bonds. The van der Waals surface area contributed by atoms with Crippen molar-refractivity contribution < 1.29 is 14.6 Å². The normalized spacial score (nSPS) is 12.4. The summed E-state index contributed by atoms with van der Waals surface area (Å²) in [4.78, 5) is 0. The Bertz CT molecular complexity index is 532. The van der Waals surface area contributed by atoms with E-state index >= 15 is 0 Å². The number of methoxy groups -OCH3 is 1. The second kappa shape index (κ2) is 16.2. The van der Waals surface area contributed by atoms with Crippen LogP contribution in [0, 0.1) is 0 Å². The summed E-state index contributed by atoms with van der Waals surface area (Å²) in [6.07, 6.45) is 11.1. The van der Waals surface area contributed by atoms with Gasteiger partial charge < -0.3 is 0 Å². The Balaban J connectivity index is 2.70. The minimum absolute atomic E-state index is 0.270. The molecule has 1 aromatic carbocycles. The van der Waals surface area contributed by atoms with E-state index in [9.17, 15) is 5.11 Å². The first-order valence-electron chi connectivity index (χ1n) is 11.7. The topological polar surface area (TPSA) is 38.7 Å². The Kier molecular flexibility index (Phi) is 14.8. The molecule has 0 saturated heterocycles. The van der Waals surface area contributed by atoms with Gasteiger partial charge in [0.15, 0.2) is 0 Å². The van der Waals surface area contributed by atoms with Gasteiger partial charge in [-0.05, 0) is 0 Å². The van der Waals surface area contributed by atoms with Crippen LogP contribution in [0.4, 0.5) is 0 Å². The molecule has 0 aromatic heterocycles. The minimum atomic E-state index is -2.48. The molecule has 0 unspecified atom stereocenters. The van der Waals surface area contributed by atoms with E-state index in [0.29, 0.717) is 13.2 Å². The summed E-state index contributed by atoms with van der Waals surface area (Å²) in [5.74, 6) is 0.874. The van der Waals surface area contributed by atoms with Gasteiger partial charge in [0.25, 0.3) is 0 Å². The van der Waals surface area contributed by atoms with Crippen LogP contribution in [0.25, 0.3) is 0 Å². The molecular weight excluding hydrogens is 467 g/mol. The van der Waals surface area contributed by atoms with Crippen LogP contribution in [0.15, 0.2) is 33.9 Å². The van der Waals surface area contributed by atoms with Crippen molar-refractivity contribution in [2.45, 2.75) is 85.6 Å². The number of unbranched alkanes of at least 4 members (excludes halogenated alkanes) is 3. The molecule has 0 spiro atoms. The van der Waals surface area contributed by atoms with Crippen molar-refractivity contribution in [3.63, 3.8) is 0 Å². The fourth-order valence-corrected chi connectivity index (χ4v) is 20.4. The zero-order valence-corrected chi connectivity index (χ0v) is 22.2. The summed E-state index contributed by atoms with van der Waals surface area (Å²) < 4.78 is 16.8. The summed E-state index contributed by atoms with van der Waals surface area (Å²) >= 11 is -2.48. The van der Waals surface area contributed by atoms with E-state index in [1.807, 2.05) is 12.1 Å². The molecule has 166 valence electrons. The van der Waals surface area contributed by atoms with Crippen LogP contribution in [0.3, 0.4) is 0 Å². The van der Waals surface area contributed by atoms with Gasteiger partial charge >= 0.3 is 184 Å². The number of rotatable bonds is 17. The summed E-state index contributed by atoms with van der Waals surface area (Å²) in [6.45, 7) is 8.50. The monoisotopic (exact) mass is 512 g/mol. The number of benzene rings is 1. The van der Waals surface area contributed by atoms with Crippen molar-refractivity contribution in [1.29, 1.82) is 0 Å². The van der Waals surface area contributed by atoms with E-state index in [4.69, 9.17) is 9.47 Å². The first kappa shape index (κ1) is 26.5. The first-order chi connectivity index (χ1) is 14.2. The van der Waals surface area contributed by atoms with E-state index in [-0.39, 0.29) is 6.61 Å². The van der Waals surface area contributed by atoms with Gasteiger partial charge in [0, 0.05) is 0 Å². The summed E-state index contributed by atoms with van der Waals surface area (Å²) in [5.41, 5.74) is 1.17. The predicted octanol–water partition coefficient (Wildman–Crippen LogP) is 6.91. The van der Waals surface area contributed by atoms with Gasteiger partial charge in [-0.25, -0.2) is 0 Å². The standard InChI is InChI=1S/C13H17O3.3C4H9.Sn/c1-15-13-7-5-12(6-8-13)11-16-10-4-2-3-9-14;3*1-3-4-2;/h2,5-8,14H,4,9-11H2,1H3;3*1,3-4H2,2H3;. The molecular formula is C25H44O3Sn. The zero-order chi connectivity index (χ0) is 21.4. The Morgan fingerprint density at radius 3 is 1.93 bits per heavy atom. The molecule has 1 rings (SSSR count). The van der Waals surface area contributed by atoms with Gasteiger partial charge in [-0.1, -0.05) is 0 Å². The van der Waals surface area contributed by atoms with Crippen LogP contribution in [0.1, 0.15) is 71.3 Å². The second-order valence-corrected chi connectivity index (χ2v) is 21.6. The molecule has 0 aliphatic heterocycles. The van der Waals surface area contributed by atoms with Crippen molar-refractivity contribution >= 4 is 18.4 Å². The van der Waals surface area contributed by atoms with Crippen LogP contribution >= 0.6 is 0 Å². The zero-order valence-electron chi connectivity index (χ0n) is 19.3. The Morgan fingerprint density at radius 1 is 0.931 bits per heavy atom. The van der Waals surface area contributed by atoms with E-state index in [0.717, 1.165) is 12.2 Å². The quantitative estimate of drug-likeness (QED) is 0.183. The Labute approximate surface area is 183 Å². The molecule has 0 fully saturated rings. The Morgan fingerprint density at radius 2 is 1.48 bits per heavy atom. The number of hydrogen-bond acceptors (Lipinski definition) is 3. The predicted molar refractivity (Wildman–Crippen MR) is 127 cm³/mol. The fraction of sp³-hybridized carbons (Fsp3) is 0.680. The number of ether oxygens (including phenoxy) is 2. The summed E-state index contributed by atoms with van der Waals surface area (Å²) in [7, 11) is 1.68. The summed E-state index contributed by atoms with van der Waals surface area (Å²) in [6, 6.07) is 8.05. The Hall–Kier alpha value is -0.521. The van der Waals surface area contributed by atoms with Gasteiger partial charge in [-0.2, -0.15) is 0 Å². The molecule has 1 N–H and O–H groups in total. The van der Waals surface area contributed by atoms with Crippen LogP contribution in [0.2, 0.25) is 13.3 Å². The van der Waals surface area contributed by atoms with Crippen molar-refractivity contribution in [2.24, 2.45) is 0 Å². The van der Waals surface area contributed by atoms with Gasteiger partial charge in [-0.3, -0.25) is 0 Å². The van der Waals surface area contributed by atoms with Crippen molar-refractivity contribution in [3.8, 4) is 5.75 Å². The van der Waals surface area contributed by atoms with Gasteiger partial charge in [0.1, 0.15) is 0 Å². The first-order valence-corrected chi connectivity index (χ1v) is 19.1. The number of aliphatic hydroxyl groups is 1. The molecule has 4 heteroatoms. The third kappa shape index (κ3) is 9.89. The van der Waals surface area contributed by atoms with Gasteiger partial charge in [-0.15, -0.1) is 0 Å². The van der Waals surface area contributed by atoms with Crippen molar-refractivity contribution in [3.05, 3.63) is 39.5 Å². The molecule has 0 radical (unpaired) electrons. The van der Waals surface area contributed by atoms with Crippen LogP contribution in [-0.4, -0.2) is 43.8 Å². The van der Waals surface area contributed by atoms with E-state index in [1.54, 1.807) is 7.11 Å². The summed E-state index contributed by atoms with van der Waals surface area (Å²) in [5, 5.41) is 10.3. The van der Waals surface area contributed by atoms with E-state index < -0.39 is 18.4 Å². The average molecular weight is 511 g/mol. The molecule has 0 bridgehead atoms. The second-order valence-electron chi connectivity index (χ2n) is 8.17. The third-order valence-electron chi connectivity index (χ3n) is 5.96. The number of hydrogen-bond donors (Lipinski definition) is 1. The van der Waals surface area contributed by atoms with Gasteiger partial charge in [0.2, 0.25) is 0 Å². The van der Waals surface area contributed by atoms with E-state index in [1.165, 1.54) is 61.0 Å². The van der Waals surface area contributed by atoms with Crippen molar-refractivity contribution in [1.82, 2.24) is 0 Å². The molecule has 29 heavy (non-hydrogen) atoms. The van der Waals surface area contributed by atoms with Crippen LogP contribution in [0.5, 0.6) is 5.75 Å². The van der Waals surface area contributed by atoms with Gasteiger partial charge in [0.05, 0.1) is 0 Å². The van der Waals surface area contributed by atoms with E-state index in [2.05, 4.69) is 39.0 Å². The molecule has 0 aliphatic carbocycles. The molecule has 0 heterocycles. The molecule has 0 aliphatic rings. The molecule has 0 atom stereocenters. The fourth-order valence-electron chi connectivity index (χ4n) is 4.08. The number of aliphatic hydroxyl groups excluding tert-OH is 1. The maximum absolute atomic E-state index is 10.3. The average Bonchev–Trinajstić information content (AvgIpc) is 2.76. The molecule has 3 nitrogen and oxygen atoms in total. The maximum atomic E-state index is 10.3. The van der Waals surface area contributed by atoms with Crippen molar-refractivity contribution in [2.75, 3.05) is 20.3 Å². The SMILES string of the molecule is CCC[CH2][Sn]([CH2]CCC)([CH2]CCC)/[C](=C\CCOCc1ccc(OC)cc1)CO. The third-order valence-corrected chi connectivity index (χ3v) is 22.1. The van der Waals surface area contributed by atoms with Crippen LogP contribution in [-0.2, 0) is 11.3 Å². The molecule has 1 aromatic rings. The van der Waals surface area contributed by atoms with Crippen LogP contribution < -0.4 is 4.74 Å². The molecule has 0 saturated carbocycles.